The van der Waals surface area contributed by atoms with Crippen LogP contribution in [0.1, 0.15) is 24.0 Å². The molecule has 2 aliphatic heterocycles. The van der Waals surface area contributed by atoms with E-state index in [2.05, 4.69) is 27.3 Å². The molecule has 0 aliphatic carbocycles. The topological polar surface area (TPSA) is 58.6 Å². The van der Waals surface area contributed by atoms with E-state index in [9.17, 15) is 9.90 Å². The first-order valence-electron chi connectivity index (χ1n) is 6.99. The van der Waals surface area contributed by atoms with E-state index in [0.29, 0.717) is 19.6 Å². The number of aliphatic carboxylic acids is 1. The van der Waals surface area contributed by atoms with Crippen molar-refractivity contribution in [3.8, 4) is 5.75 Å². The second-order valence-electron chi connectivity index (χ2n) is 5.69. The second-order valence-corrected chi connectivity index (χ2v) is 6.61. The standard InChI is InChI=1S/C15H18BrNO3/c16-12-6-10-2-5-20-13(10)11(7-12)8-15(14(18)19)3-1-4-17-9-15/h6-7,17H,1-5,8-9H2,(H,18,19). The molecule has 0 spiro atoms. The predicted molar refractivity (Wildman–Crippen MR) is 79.2 cm³/mol. The van der Waals surface area contributed by atoms with Gasteiger partial charge >= 0.3 is 5.97 Å². The van der Waals surface area contributed by atoms with Crippen LogP contribution in [0.15, 0.2) is 16.6 Å². The van der Waals surface area contributed by atoms with Gasteiger partial charge in [-0.2, -0.15) is 0 Å². The summed E-state index contributed by atoms with van der Waals surface area (Å²) >= 11 is 3.52. The Labute approximate surface area is 126 Å². The van der Waals surface area contributed by atoms with Gasteiger partial charge in [0.15, 0.2) is 0 Å². The maximum atomic E-state index is 11.8. The second kappa shape index (κ2) is 5.37. The third-order valence-electron chi connectivity index (χ3n) is 4.28. The first-order valence-corrected chi connectivity index (χ1v) is 7.78. The molecule has 0 aromatic heterocycles. The number of piperidine rings is 1. The third kappa shape index (κ3) is 2.44. The van der Waals surface area contributed by atoms with E-state index in [4.69, 9.17) is 4.74 Å². The summed E-state index contributed by atoms with van der Waals surface area (Å²) in [6, 6.07) is 4.07. The van der Waals surface area contributed by atoms with Gasteiger partial charge in [-0.25, -0.2) is 0 Å². The number of hydrogen-bond acceptors (Lipinski definition) is 3. The van der Waals surface area contributed by atoms with Crippen LogP contribution in [0.3, 0.4) is 0 Å². The highest BCUT2D eigenvalue weighted by atomic mass is 79.9. The van der Waals surface area contributed by atoms with Crippen molar-refractivity contribution in [2.75, 3.05) is 19.7 Å². The fourth-order valence-corrected chi connectivity index (χ4v) is 3.77. The first kappa shape index (κ1) is 13.9. The number of carbonyl (C=O) groups is 1. The van der Waals surface area contributed by atoms with Crippen molar-refractivity contribution in [2.45, 2.75) is 25.7 Å². The Bertz CT molecular complexity index is 538. The summed E-state index contributed by atoms with van der Waals surface area (Å²) in [5.41, 5.74) is 1.48. The molecule has 2 aliphatic rings. The van der Waals surface area contributed by atoms with Gasteiger partial charge in [0, 0.05) is 17.4 Å². The highest BCUT2D eigenvalue weighted by molar-refractivity contribution is 9.10. The lowest BCUT2D eigenvalue weighted by molar-refractivity contribution is -0.150. The molecule has 2 heterocycles. The van der Waals surface area contributed by atoms with Crippen LogP contribution in [0.25, 0.3) is 0 Å². The van der Waals surface area contributed by atoms with Gasteiger partial charge in [-0.05, 0) is 49.1 Å². The van der Waals surface area contributed by atoms with Crippen LogP contribution in [0.5, 0.6) is 5.75 Å². The van der Waals surface area contributed by atoms with Crippen LogP contribution < -0.4 is 10.1 Å². The molecule has 1 saturated heterocycles. The molecule has 1 atom stereocenters. The molecule has 1 aromatic carbocycles. The molecule has 108 valence electrons. The summed E-state index contributed by atoms with van der Waals surface area (Å²) in [5, 5.41) is 12.9. The molecular weight excluding hydrogens is 322 g/mol. The summed E-state index contributed by atoms with van der Waals surface area (Å²) < 4.78 is 6.72. The molecule has 3 rings (SSSR count). The van der Waals surface area contributed by atoms with E-state index >= 15 is 0 Å². The van der Waals surface area contributed by atoms with Crippen molar-refractivity contribution in [1.29, 1.82) is 0 Å². The molecule has 5 heteroatoms. The molecule has 20 heavy (non-hydrogen) atoms. The van der Waals surface area contributed by atoms with Crippen molar-refractivity contribution in [2.24, 2.45) is 5.41 Å². The van der Waals surface area contributed by atoms with Crippen LogP contribution in [0.4, 0.5) is 0 Å². The lowest BCUT2D eigenvalue weighted by Gasteiger charge is -2.34. The average molecular weight is 340 g/mol. The smallest absolute Gasteiger partial charge is 0.311 e. The molecule has 1 aromatic rings. The minimum atomic E-state index is -0.712. The van der Waals surface area contributed by atoms with E-state index in [-0.39, 0.29) is 0 Å². The van der Waals surface area contributed by atoms with Crippen LogP contribution >= 0.6 is 15.9 Å². The van der Waals surface area contributed by atoms with Crippen molar-refractivity contribution in [3.05, 3.63) is 27.7 Å². The third-order valence-corrected chi connectivity index (χ3v) is 4.74. The molecule has 0 bridgehead atoms. The summed E-state index contributed by atoms with van der Waals surface area (Å²) in [6.07, 6.45) is 3.05. The predicted octanol–water partition coefficient (Wildman–Crippen LogP) is 2.38. The Morgan fingerprint density at radius 2 is 2.35 bits per heavy atom. The first-order chi connectivity index (χ1) is 9.61. The van der Waals surface area contributed by atoms with Crippen molar-refractivity contribution < 1.29 is 14.6 Å². The van der Waals surface area contributed by atoms with Crippen LogP contribution in [-0.4, -0.2) is 30.8 Å². The summed E-state index contributed by atoms with van der Waals surface area (Å²) in [6.45, 7) is 2.13. The average Bonchev–Trinajstić information content (AvgIpc) is 2.88. The monoisotopic (exact) mass is 339 g/mol. The molecular formula is C15H18BrNO3. The largest absolute Gasteiger partial charge is 0.493 e. The maximum Gasteiger partial charge on any atom is 0.311 e. The minimum absolute atomic E-state index is 0.525. The van der Waals surface area contributed by atoms with E-state index in [1.54, 1.807) is 0 Å². The zero-order valence-electron chi connectivity index (χ0n) is 11.2. The summed E-state index contributed by atoms with van der Waals surface area (Å²) in [4.78, 5) is 11.8. The zero-order chi connectivity index (χ0) is 14.2. The fourth-order valence-electron chi connectivity index (χ4n) is 3.22. The van der Waals surface area contributed by atoms with E-state index in [0.717, 1.165) is 41.6 Å². The molecule has 1 unspecified atom stereocenters. The molecule has 4 nitrogen and oxygen atoms in total. The Morgan fingerprint density at radius 1 is 1.50 bits per heavy atom. The van der Waals surface area contributed by atoms with Crippen molar-refractivity contribution in [1.82, 2.24) is 5.32 Å². The van der Waals surface area contributed by atoms with Gasteiger partial charge in [0.25, 0.3) is 0 Å². The summed E-state index contributed by atoms with van der Waals surface area (Å²) in [5.74, 6) is 0.191. The summed E-state index contributed by atoms with van der Waals surface area (Å²) in [7, 11) is 0. The molecule has 0 amide bonds. The highest BCUT2D eigenvalue weighted by Crippen LogP contribution is 2.39. The molecule has 0 radical (unpaired) electrons. The SMILES string of the molecule is O=C(O)C1(Cc2cc(Br)cc3c2OCC3)CCCNC1. The van der Waals surface area contributed by atoms with Crippen LogP contribution in [0, 0.1) is 5.41 Å². The Balaban J connectivity index is 1.95. The zero-order valence-corrected chi connectivity index (χ0v) is 12.8. The van der Waals surface area contributed by atoms with E-state index < -0.39 is 11.4 Å². The van der Waals surface area contributed by atoms with Gasteiger partial charge in [-0.15, -0.1) is 0 Å². The lowest BCUT2D eigenvalue weighted by atomic mass is 9.75. The molecule has 2 N–H and O–H groups in total. The lowest BCUT2D eigenvalue weighted by Crippen LogP contribution is -2.47. The van der Waals surface area contributed by atoms with Gasteiger partial charge in [0.05, 0.1) is 12.0 Å². The number of nitrogens with one attached hydrogen (secondary N) is 1. The van der Waals surface area contributed by atoms with E-state index in [1.165, 1.54) is 5.56 Å². The molecule has 0 saturated carbocycles. The van der Waals surface area contributed by atoms with Crippen molar-refractivity contribution in [3.63, 3.8) is 0 Å². The Hall–Kier alpha value is -1.07. The van der Waals surface area contributed by atoms with Gasteiger partial charge in [-0.1, -0.05) is 15.9 Å². The Kier molecular flexibility index (Phi) is 3.73. The minimum Gasteiger partial charge on any atom is -0.493 e. The number of hydrogen-bond donors (Lipinski definition) is 2. The highest BCUT2D eigenvalue weighted by Gasteiger charge is 2.41. The van der Waals surface area contributed by atoms with Gasteiger partial charge in [0.1, 0.15) is 5.75 Å². The number of carboxylic acids is 1. The van der Waals surface area contributed by atoms with Crippen LogP contribution in [0.2, 0.25) is 0 Å². The number of fused-ring (bicyclic) bond motifs is 1. The number of rotatable bonds is 3. The fraction of sp³-hybridized carbons (Fsp3) is 0.533. The maximum absolute atomic E-state index is 11.8. The van der Waals surface area contributed by atoms with Crippen LogP contribution in [-0.2, 0) is 17.6 Å². The molecule has 1 fully saturated rings. The number of ether oxygens (including phenoxy) is 1. The van der Waals surface area contributed by atoms with Gasteiger partial charge in [-0.3, -0.25) is 4.79 Å². The number of carboxylic acid groups (broad SMARTS) is 1. The Morgan fingerprint density at radius 3 is 3.05 bits per heavy atom. The van der Waals surface area contributed by atoms with Crippen molar-refractivity contribution >= 4 is 21.9 Å². The number of halogens is 1. The van der Waals surface area contributed by atoms with E-state index in [1.807, 2.05) is 6.07 Å². The number of benzene rings is 1. The quantitative estimate of drug-likeness (QED) is 0.887. The van der Waals surface area contributed by atoms with Gasteiger partial charge < -0.3 is 15.2 Å². The van der Waals surface area contributed by atoms with Gasteiger partial charge in [0.2, 0.25) is 0 Å². The normalized spacial score (nSPS) is 25.1.